The van der Waals surface area contributed by atoms with Crippen LogP contribution in [0.25, 0.3) is 0 Å². The minimum absolute atomic E-state index is 0.144. The molecule has 0 fully saturated rings. The summed E-state index contributed by atoms with van der Waals surface area (Å²) < 4.78 is 31.7. The number of hydrogen-bond acceptors (Lipinski definition) is 4. The third-order valence-electron chi connectivity index (χ3n) is 2.80. The molecule has 1 atom stereocenters. The molecule has 2 N–H and O–H groups in total. The Bertz CT molecular complexity index is 690. The van der Waals surface area contributed by atoms with Crippen molar-refractivity contribution in [2.24, 2.45) is 5.73 Å². The summed E-state index contributed by atoms with van der Waals surface area (Å²) in [5, 5.41) is 10.9. The fraction of sp³-hybridized carbons (Fsp3) is 0.143. The number of nitrogens with zero attached hydrogens (tertiary/aromatic N) is 1. The van der Waals surface area contributed by atoms with Gasteiger partial charge in [-0.3, -0.25) is 10.1 Å². The maximum atomic E-state index is 13.2. The first-order valence-corrected chi connectivity index (χ1v) is 6.05. The lowest BCUT2D eigenvalue weighted by molar-refractivity contribution is -0.385. The Morgan fingerprint density at radius 2 is 1.71 bits per heavy atom. The Morgan fingerprint density at radius 3 is 2.29 bits per heavy atom. The van der Waals surface area contributed by atoms with Gasteiger partial charge < -0.3 is 10.5 Å². The first-order chi connectivity index (χ1) is 9.88. The van der Waals surface area contributed by atoms with Crippen LogP contribution in [-0.2, 0) is 0 Å². The number of nitro groups is 1. The third-order valence-corrected chi connectivity index (χ3v) is 2.80. The summed E-state index contributed by atoms with van der Waals surface area (Å²) in [7, 11) is 0. The van der Waals surface area contributed by atoms with Crippen molar-refractivity contribution < 1.29 is 18.4 Å². The van der Waals surface area contributed by atoms with Gasteiger partial charge in [0.25, 0.3) is 0 Å². The first-order valence-electron chi connectivity index (χ1n) is 6.05. The predicted molar refractivity (Wildman–Crippen MR) is 72.1 cm³/mol. The van der Waals surface area contributed by atoms with Crippen LogP contribution in [0.1, 0.15) is 18.5 Å². The lowest BCUT2D eigenvalue weighted by atomic mass is 10.1. The Hall–Kier alpha value is -2.54. The van der Waals surface area contributed by atoms with E-state index in [-0.39, 0.29) is 11.5 Å². The van der Waals surface area contributed by atoms with Crippen molar-refractivity contribution in [2.45, 2.75) is 13.0 Å². The van der Waals surface area contributed by atoms with Crippen molar-refractivity contribution in [1.82, 2.24) is 0 Å². The molecular formula is C14H12F2N2O3. The average Bonchev–Trinajstić information content (AvgIpc) is 2.42. The van der Waals surface area contributed by atoms with Gasteiger partial charge in [-0.1, -0.05) is 0 Å². The minimum Gasteiger partial charge on any atom is -0.450 e. The van der Waals surface area contributed by atoms with E-state index in [1.54, 1.807) is 6.92 Å². The van der Waals surface area contributed by atoms with Crippen molar-refractivity contribution in [1.29, 1.82) is 0 Å². The van der Waals surface area contributed by atoms with Crippen LogP contribution in [0.5, 0.6) is 11.5 Å². The summed E-state index contributed by atoms with van der Waals surface area (Å²) in [5.74, 6) is -1.21. The highest BCUT2D eigenvalue weighted by Crippen LogP contribution is 2.35. The Labute approximate surface area is 119 Å². The van der Waals surface area contributed by atoms with Crippen molar-refractivity contribution in [2.75, 3.05) is 0 Å². The highest BCUT2D eigenvalue weighted by Gasteiger charge is 2.19. The van der Waals surface area contributed by atoms with E-state index in [1.807, 2.05) is 0 Å². The van der Waals surface area contributed by atoms with Gasteiger partial charge in [-0.05, 0) is 37.3 Å². The summed E-state index contributed by atoms with van der Waals surface area (Å²) in [6.07, 6.45) is 0. The van der Waals surface area contributed by atoms with Gasteiger partial charge >= 0.3 is 5.69 Å². The standard InChI is InChI=1S/C14H12F2N2O3/c1-8(17)11-6-9(15)2-4-13(11)21-14-5-3-10(16)7-12(14)18(19)20/h2-8H,17H2,1H3. The van der Waals surface area contributed by atoms with E-state index in [4.69, 9.17) is 10.5 Å². The lowest BCUT2D eigenvalue weighted by Crippen LogP contribution is -2.07. The van der Waals surface area contributed by atoms with Crippen LogP contribution < -0.4 is 10.5 Å². The smallest absolute Gasteiger partial charge is 0.314 e. The molecule has 0 spiro atoms. The Kier molecular flexibility index (Phi) is 4.13. The zero-order valence-corrected chi connectivity index (χ0v) is 11.0. The number of ether oxygens (including phenoxy) is 1. The van der Waals surface area contributed by atoms with Crippen LogP contribution in [0.4, 0.5) is 14.5 Å². The quantitative estimate of drug-likeness (QED) is 0.689. The fourth-order valence-corrected chi connectivity index (χ4v) is 1.81. The summed E-state index contributed by atoms with van der Waals surface area (Å²) >= 11 is 0. The zero-order valence-electron chi connectivity index (χ0n) is 11.0. The van der Waals surface area contributed by atoms with Crippen LogP contribution in [-0.4, -0.2) is 4.92 Å². The lowest BCUT2D eigenvalue weighted by Gasteiger charge is -2.13. The Morgan fingerprint density at radius 1 is 1.14 bits per heavy atom. The average molecular weight is 294 g/mol. The second-order valence-electron chi connectivity index (χ2n) is 4.44. The predicted octanol–water partition coefficient (Wildman–Crippen LogP) is 3.69. The van der Waals surface area contributed by atoms with E-state index in [0.29, 0.717) is 5.56 Å². The molecule has 0 aromatic heterocycles. The molecule has 0 saturated heterocycles. The van der Waals surface area contributed by atoms with Gasteiger partial charge in [-0.2, -0.15) is 0 Å². The molecule has 7 heteroatoms. The van der Waals surface area contributed by atoms with Crippen LogP contribution in [0.3, 0.4) is 0 Å². The van der Waals surface area contributed by atoms with Crippen LogP contribution in [0, 0.1) is 21.7 Å². The monoisotopic (exact) mass is 294 g/mol. The van der Waals surface area contributed by atoms with E-state index >= 15 is 0 Å². The third kappa shape index (κ3) is 3.32. The molecule has 0 amide bonds. The van der Waals surface area contributed by atoms with Gasteiger partial charge in [-0.25, -0.2) is 8.78 Å². The number of nitro benzene ring substituents is 1. The zero-order chi connectivity index (χ0) is 15.6. The molecule has 0 bridgehead atoms. The molecule has 5 nitrogen and oxygen atoms in total. The van der Waals surface area contributed by atoms with Gasteiger partial charge in [0.05, 0.1) is 11.0 Å². The van der Waals surface area contributed by atoms with Crippen molar-refractivity contribution in [3.63, 3.8) is 0 Å². The number of rotatable bonds is 4. The van der Waals surface area contributed by atoms with Crippen molar-refractivity contribution in [3.8, 4) is 11.5 Å². The summed E-state index contributed by atoms with van der Waals surface area (Å²) in [6, 6.07) is 6.06. The molecule has 0 saturated carbocycles. The van der Waals surface area contributed by atoms with E-state index in [1.165, 1.54) is 12.1 Å². The SMILES string of the molecule is CC(N)c1cc(F)ccc1Oc1ccc(F)cc1[N+](=O)[O-]. The van der Waals surface area contributed by atoms with E-state index in [0.717, 1.165) is 24.3 Å². The molecule has 0 radical (unpaired) electrons. The van der Waals surface area contributed by atoms with Gasteiger partial charge in [0.2, 0.25) is 5.75 Å². The summed E-state index contributed by atoms with van der Waals surface area (Å²) in [5.41, 5.74) is 5.56. The van der Waals surface area contributed by atoms with Crippen molar-refractivity contribution in [3.05, 3.63) is 63.7 Å². The maximum Gasteiger partial charge on any atom is 0.314 e. The molecule has 0 aliphatic heterocycles. The van der Waals surface area contributed by atoms with E-state index in [2.05, 4.69) is 0 Å². The molecule has 21 heavy (non-hydrogen) atoms. The molecule has 0 heterocycles. The normalized spacial score (nSPS) is 12.0. The molecular weight excluding hydrogens is 282 g/mol. The molecule has 110 valence electrons. The molecule has 0 aliphatic carbocycles. The number of nitrogens with two attached hydrogens (primary N) is 1. The second-order valence-corrected chi connectivity index (χ2v) is 4.44. The van der Waals surface area contributed by atoms with Crippen LogP contribution in [0.2, 0.25) is 0 Å². The minimum atomic E-state index is -0.756. The number of benzene rings is 2. The number of hydrogen-bond donors (Lipinski definition) is 1. The molecule has 0 aliphatic rings. The summed E-state index contributed by atoms with van der Waals surface area (Å²) in [6.45, 7) is 1.63. The van der Waals surface area contributed by atoms with Crippen LogP contribution >= 0.6 is 0 Å². The molecule has 2 aromatic carbocycles. The Balaban J connectivity index is 2.46. The van der Waals surface area contributed by atoms with Gasteiger partial charge in [0.1, 0.15) is 17.4 Å². The van der Waals surface area contributed by atoms with Crippen LogP contribution in [0.15, 0.2) is 36.4 Å². The number of halogens is 2. The largest absolute Gasteiger partial charge is 0.450 e. The van der Waals surface area contributed by atoms with Gasteiger partial charge in [0.15, 0.2) is 0 Å². The maximum absolute atomic E-state index is 13.2. The molecule has 1 unspecified atom stereocenters. The van der Waals surface area contributed by atoms with Crippen molar-refractivity contribution >= 4 is 5.69 Å². The van der Waals surface area contributed by atoms with Gasteiger partial charge in [-0.15, -0.1) is 0 Å². The summed E-state index contributed by atoms with van der Waals surface area (Å²) in [4.78, 5) is 10.2. The topological polar surface area (TPSA) is 78.4 Å². The molecule has 2 rings (SSSR count). The first kappa shape index (κ1) is 14.9. The van der Waals surface area contributed by atoms with E-state index < -0.39 is 28.3 Å². The van der Waals surface area contributed by atoms with Gasteiger partial charge in [0, 0.05) is 11.6 Å². The van der Waals surface area contributed by atoms with E-state index in [9.17, 15) is 18.9 Å². The second kappa shape index (κ2) is 5.84. The highest BCUT2D eigenvalue weighted by atomic mass is 19.1. The fourth-order valence-electron chi connectivity index (χ4n) is 1.81. The highest BCUT2D eigenvalue weighted by molar-refractivity contribution is 5.50. The molecule has 2 aromatic rings.